The molecule has 2 aromatic carbocycles. The van der Waals surface area contributed by atoms with Gasteiger partial charge in [-0.2, -0.15) is 0 Å². The van der Waals surface area contributed by atoms with Crippen molar-refractivity contribution in [3.63, 3.8) is 0 Å². The molecule has 0 spiro atoms. The van der Waals surface area contributed by atoms with Crippen LogP contribution in [0.15, 0.2) is 48.0 Å². The van der Waals surface area contributed by atoms with E-state index in [0.29, 0.717) is 30.0 Å². The van der Waals surface area contributed by atoms with E-state index in [2.05, 4.69) is 0 Å². The molecule has 1 fully saturated rings. The first kappa shape index (κ1) is 21.4. The maximum absolute atomic E-state index is 12.9. The fraction of sp³-hybridized carbons (Fsp3) is 0.304. The summed E-state index contributed by atoms with van der Waals surface area (Å²) in [7, 11) is 5.32. The first-order valence-electron chi connectivity index (χ1n) is 9.61. The third-order valence-corrected chi connectivity index (χ3v) is 5.21. The van der Waals surface area contributed by atoms with Crippen molar-refractivity contribution < 1.29 is 24.5 Å². The number of nitrogens with zero attached hydrogens (tertiary/aromatic N) is 2. The van der Waals surface area contributed by atoms with Crippen LogP contribution < -0.4 is 4.74 Å². The maximum atomic E-state index is 12.9. The fourth-order valence-electron chi connectivity index (χ4n) is 3.60. The molecule has 30 heavy (non-hydrogen) atoms. The number of benzene rings is 2. The Kier molecular flexibility index (Phi) is 6.12. The highest BCUT2D eigenvalue weighted by atomic mass is 16.5. The van der Waals surface area contributed by atoms with Gasteiger partial charge in [0.15, 0.2) is 0 Å². The van der Waals surface area contributed by atoms with E-state index in [9.17, 15) is 19.8 Å². The molecule has 1 amide bonds. The largest absolute Gasteiger partial charge is 0.508 e. The summed E-state index contributed by atoms with van der Waals surface area (Å²) in [6.07, 6.45) is 0. The summed E-state index contributed by atoms with van der Waals surface area (Å²) in [4.78, 5) is 29.1. The van der Waals surface area contributed by atoms with Gasteiger partial charge in [-0.15, -0.1) is 0 Å². The van der Waals surface area contributed by atoms with Crippen LogP contribution in [-0.4, -0.2) is 66.0 Å². The number of hydrogen-bond donors (Lipinski definition) is 2. The highest BCUT2D eigenvalue weighted by Gasteiger charge is 2.45. The number of hydrogen-bond acceptors (Lipinski definition) is 6. The second-order valence-corrected chi connectivity index (χ2v) is 7.57. The van der Waals surface area contributed by atoms with Crippen LogP contribution in [0, 0.1) is 6.92 Å². The van der Waals surface area contributed by atoms with Gasteiger partial charge in [0.25, 0.3) is 11.7 Å². The number of phenolic OH excluding ortho intramolecular Hbond substituents is 1. The Balaban J connectivity index is 2.14. The number of aryl methyl sites for hydroxylation is 1. The lowest BCUT2D eigenvalue weighted by atomic mass is 9.94. The molecule has 3 rings (SSSR count). The van der Waals surface area contributed by atoms with Crippen LogP contribution >= 0.6 is 0 Å². The second-order valence-electron chi connectivity index (χ2n) is 7.57. The number of aliphatic hydroxyl groups is 1. The number of carbonyl (C=O) groups excluding carboxylic acids is 2. The van der Waals surface area contributed by atoms with E-state index in [1.165, 1.54) is 17.0 Å². The Morgan fingerprint density at radius 1 is 1.13 bits per heavy atom. The standard InChI is InChI=1S/C23H26N2O5/c1-14-13-16(7-10-18(14)30-4)21(27)19-20(15-5-8-17(26)9-6-15)25(12-11-24(2)3)23(29)22(19)28/h5-10,13,20,26-27H,11-12H2,1-4H3/b21-19+/t20-/m0/s1. The number of likely N-dealkylation sites (tertiary alicyclic amines) is 1. The Hall–Kier alpha value is -3.32. The fourth-order valence-corrected chi connectivity index (χ4v) is 3.60. The van der Waals surface area contributed by atoms with E-state index in [0.717, 1.165) is 5.56 Å². The van der Waals surface area contributed by atoms with Gasteiger partial charge in [0.2, 0.25) is 0 Å². The topological polar surface area (TPSA) is 90.3 Å². The molecule has 158 valence electrons. The van der Waals surface area contributed by atoms with Crippen molar-refractivity contribution in [2.75, 3.05) is 34.3 Å². The number of ketones is 1. The minimum atomic E-state index is -0.743. The molecule has 2 aromatic rings. The minimum absolute atomic E-state index is 0.0361. The zero-order valence-electron chi connectivity index (χ0n) is 17.5. The van der Waals surface area contributed by atoms with Crippen LogP contribution in [0.5, 0.6) is 11.5 Å². The number of phenols is 1. The third-order valence-electron chi connectivity index (χ3n) is 5.21. The van der Waals surface area contributed by atoms with E-state index >= 15 is 0 Å². The second kappa shape index (κ2) is 8.59. The van der Waals surface area contributed by atoms with Gasteiger partial charge in [0, 0.05) is 18.7 Å². The molecule has 0 unspecified atom stereocenters. The third kappa shape index (κ3) is 4.02. The van der Waals surface area contributed by atoms with Gasteiger partial charge in [-0.25, -0.2) is 0 Å². The van der Waals surface area contributed by atoms with E-state index in [1.54, 1.807) is 37.4 Å². The molecular weight excluding hydrogens is 384 g/mol. The smallest absolute Gasteiger partial charge is 0.295 e. The predicted molar refractivity (Wildman–Crippen MR) is 113 cm³/mol. The summed E-state index contributed by atoms with van der Waals surface area (Å²) in [5.41, 5.74) is 1.90. The first-order valence-corrected chi connectivity index (χ1v) is 9.61. The average Bonchev–Trinajstić information content (AvgIpc) is 2.96. The minimum Gasteiger partial charge on any atom is -0.508 e. The summed E-state index contributed by atoms with van der Waals surface area (Å²) < 4.78 is 5.26. The normalized spacial score (nSPS) is 18.3. The number of rotatable bonds is 6. The summed E-state index contributed by atoms with van der Waals surface area (Å²) in [6.45, 7) is 2.72. The molecular formula is C23H26N2O5. The highest BCUT2D eigenvalue weighted by Crippen LogP contribution is 2.40. The molecule has 1 heterocycles. The summed E-state index contributed by atoms with van der Waals surface area (Å²) in [6, 6.07) is 10.6. The molecule has 0 aromatic heterocycles. The molecule has 0 bridgehead atoms. The van der Waals surface area contributed by atoms with Gasteiger partial charge < -0.3 is 24.7 Å². The highest BCUT2D eigenvalue weighted by molar-refractivity contribution is 6.46. The molecule has 0 radical (unpaired) electrons. The average molecular weight is 410 g/mol. The van der Waals surface area contributed by atoms with Crippen molar-refractivity contribution in [3.8, 4) is 11.5 Å². The molecule has 7 heteroatoms. The summed E-state index contributed by atoms with van der Waals surface area (Å²) >= 11 is 0. The molecule has 7 nitrogen and oxygen atoms in total. The summed E-state index contributed by atoms with van der Waals surface area (Å²) in [5.74, 6) is -0.869. The van der Waals surface area contributed by atoms with Gasteiger partial charge in [-0.1, -0.05) is 12.1 Å². The van der Waals surface area contributed by atoms with Gasteiger partial charge in [-0.3, -0.25) is 9.59 Å². The van der Waals surface area contributed by atoms with Gasteiger partial charge in [0.1, 0.15) is 17.3 Å². The van der Waals surface area contributed by atoms with Gasteiger partial charge in [0.05, 0.1) is 18.7 Å². The zero-order chi connectivity index (χ0) is 22.0. The Bertz CT molecular complexity index is 995. The Morgan fingerprint density at radius 2 is 1.80 bits per heavy atom. The van der Waals surface area contributed by atoms with Crippen molar-refractivity contribution in [3.05, 3.63) is 64.7 Å². The molecule has 2 N–H and O–H groups in total. The predicted octanol–water partition coefficient (Wildman–Crippen LogP) is 2.69. The lowest BCUT2D eigenvalue weighted by Crippen LogP contribution is -2.35. The lowest BCUT2D eigenvalue weighted by Gasteiger charge is -2.26. The number of methoxy groups -OCH3 is 1. The Labute approximate surface area is 175 Å². The number of amides is 1. The zero-order valence-corrected chi connectivity index (χ0v) is 17.5. The van der Waals surface area contributed by atoms with Crippen LogP contribution in [0.25, 0.3) is 5.76 Å². The number of Topliss-reactive ketones (excluding diaryl/α,β-unsaturated/α-hetero) is 1. The van der Waals surface area contributed by atoms with Crippen LogP contribution in [0.4, 0.5) is 0 Å². The maximum Gasteiger partial charge on any atom is 0.295 e. The first-order chi connectivity index (χ1) is 14.2. The van der Waals surface area contributed by atoms with Crippen molar-refractivity contribution in [1.29, 1.82) is 0 Å². The number of aromatic hydroxyl groups is 1. The number of ether oxygens (including phenoxy) is 1. The quantitative estimate of drug-likeness (QED) is 0.432. The van der Waals surface area contributed by atoms with Gasteiger partial charge in [-0.05, 0) is 62.5 Å². The lowest BCUT2D eigenvalue weighted by molar-refractivity contribution is -0.140. The number of aliphatic hydroxyl groups excluding tert-OH is 1. The van der Waals surface area contributed by atoms with E-state index in [-0.39, 0.29) is 17.1 Å². The number of likely N-dealkylation sites (N-methyl/N-ethyl adjacent to an activating group) is 1. The van der Waals surface area contributed by atoms with Crippen molar-refractivity contribution in [1.82, 2.24) is 9.80 Å². The molecule has 0 aliphatic carbocycles. The van der Waals surface area contributed by atoms with E-state index in [1.807, 2.05) is 25.9 Å². The molecule has 1 atom stereocenters. The van der Waals surface area contributed by atoms with Crippen molar-refractivity contribution >= 4 is 17.4 Å². The SMILES string of the molecule is COc1ccc(/C(O)=C2\C(=O)C(=O)N(CCN(C)C)[C@H]2c2ccc(O)cc2)cc1C. The van der Waals surface area contributed by atoms with Crippen LogP contribution in [0.3, 0.4) is 0 Å². The molecule has 1 aliphatic rings. The van der Waals surface area contributed by atoms with Crippen LogP contribution in [0.1, 0.15) is 22.7 Å². The monoisotopic (exact) mass is 410 g/mol. The Morgan fingerprint density at radius 3 is 2.37 bits per heavy atom. The number of carbonyl (C=O) groups is 2. The summed E-state index contributed by atoms with van der Waals surface area (Å²) in [5, 5.41) is 20.7. The van der Waals surface area contributed by atoms with Crippen molar-refractivity contribution in [2.24, 2.45) is 0 Å². The van der Waals surface area contributed by atoms with Crippen molar-refractivity contribution in [2.45, 2.75) is 13.0 Å². The molecule has 1 saturated heterocycles. The van der Waals surface area contributed by atoms with Gasteiger partial charge >= 0.3 is 0 Å². The van der Waals surface area contributed by atoms with E-state index in [4.69, 9.17) is 4.74 Å². The van der Waals surface area contributed by atoms with E-state index < -0.39 is 17.7 Å². The van der Waals surface area contributed by atoms with Crippen LogP contribution in [-0.2, 0) is 9.59 Å². The molecule has 1 aliphatic heterocycles. The van der Waals surface area contributed by atoms with Crippen LogP contribution in [0.2, 0.25) is 0 Å². The molecule has 0 saturated carbocycles.